The molecule has 17 rings (SSSR count). The zero-order valence-corrected chi connectivity index (χ0v) is 44.7. The molecule has 4 heteroatoms. The summed E-state index contributed by atoms with van der Waals surface area (Å²) in [6, 6.07) is 111. The second-order valence-corrected chi connectivity index (χ2v) is 21.5. The molecule has 0 spiro atoms. The molecule has 4 aromatic heterocycles. The fourth-order valence-corrected chi connectivity index (χ4v) is 13.7. The summed E-state index contributed by atoms with van der Waals surface area (Å²) in [6.45, 7) is 0. The SMILES string of the molecule is c1ccc(-c2ccccc2N(c2ccccc2-c2ccccc2)c2ccc3c4cc5c(cc4n4c6ccccc6c2c34)c2ccc(N(c3ccccc3-c3ccccc3)c3ccccc3-c3ccccc3)c3c4ccccc4n5c23)cc1. The van der Waals surface area contributed by atoms with E-state index in [-0.39, 0.29) is 0 Å². The molecule has 0 amide bonds. The molecule has 0 fully saturated rings. The van der Waals surface area contributed by atoms with Crippen molar-refractivity contribution in [2.24, 2.45) is 0 Å². The summed E-state index contributed by atoms with van der Waals surface area (Å²) in [7, 11) is 0. The standard InChI is InChI=1S/C78H50N4/c1-5-25-51(26-6-1)55-33-13-19-39-65(55)79(66-40-20-14-34-56(66)52-27-7-2-8-28-52)71-47-45-59-63-49-74-64(50-73(63)81-69-43-23-17-37-61(69)75(71)77(59)81)60-46-48-72(76-62-38-18-24-44-70(62)82(74)78(60)76)80(67-41-21-15-35-57(67)53-29-9-3-10-30-53)68-42-22-16-36-58(68)54-31-11-4-12-32-54/h1-50H. The summed E-state index contributed by atoms with van der Waals surface area (Å²) in [5, 5.41) is 9.79. The number of fused-ring (bicyclic) bond motifs is 12. The lowest BCUT2D eigenvalue weighted by Gasteiger charge is -2.30. The summed E-state index contributed by atoms with van der Waals surface area (Å²) < 4.78 is 5.12. The molecule has 0 aliphatic heterocycles. The Kier molecular flexibility index (Phi) is 10.3. The monoisotopic (exact) mass is 1040 g/mol. The Bertz CT molecular complexity index is 4780. The van der Waals surface area contributed by atoms with Crippen molar-refractivity contribution in [3.8, 4) is 44.5 Å². The molecule has 0 unspecified atom stereocenters. The molecule has 82 heavy (non-hydrogen) atoms. The van der Waals surface area contributed by atoms with Crippen LogP contribution in [-0.4, -0.2) is 8.80 Å². The highest BCUT2D eigenvalue weighted by Gasteiger charge is 2.30. The first-order chi connectivity index (χ1) is 40.8. The predicted octanol–water partition coefficient (Wildman–Crippen LogP) is 21.6. The summed E-state index contributed by atoms with van der Waals surface area (Å²) in [5.74, 6) is 0. The fourth-order valence-electron chi connectivity index (χ4n) is 13.7. The van der Waals surface area contributed by atoms with Gasteiger partial charge in [0.15, 0.2) is 0 Å². The Labute approximate surface area is 474 Å². The van der Waals surface area contributed by atoms with E-state index in [9.17, 15) is 0 Å². The van der Waals surface area contributed by atoms with E-state index in [0.29, 0.717) is 0 Å². The zero-order chi connectivity index (χ0) is 53.8. The minimum absolute atomic E-state index is 1.11. The second-order valence-electron chi connectivity index (χ2n) is 21.5. The van der Waals surface area contributed by atoms with Crippen LogP contribution in [0.1, 0.15) is 0 Å². The van der Waals surface area contributed by atoms with Gasteiger partial charge in [-0.2, -0.15) is 0 Å². The van der Waals surface area contributed by atoms with Gasteiger partial charge in [-0.05, 0) is 82.9 Å². The highest BCUT2D eigenvalue weighted by Crippen LogP contribution is 2.54. The molecule has 17 aromatic rings. The lowest BCUT2D eigenvalue weighted by atomic mass is 9.97. The summed E-state index contributed by atoms with van der Waals surface area (Å²) in [6.07, 6.45) is 0. The Balaban J connectivity index is 0.947. The number of benzene rings is 13. The van der Waals surface area contributed by atoms with Gasteiger partial charge in [0.2, 0.25) is 0 Å². The summed E-state index contributed by atoms with van der Waals surface area (Å²) in [4.78, 5) is 5.06. The van der Waals surface area contributed by atoms with E-state index in [1.165, 1.54) is 98.4 Å². The van der Waals surface area contributed by atoms with Crippen LogP contribution in [-0.2, 0) is 0 Å². The third-order valence-corrected chi connectivity index (χ3v) is 17.2. The molecule has 13 aromatic carbocycles. The zero-order valence-electron chi connectivity index (χ0n) is 44.7. The van der Waals surface area contributed by atoms with Gasteiger partial charge in [0.25, 0.3) is 0 Å². The van der Waals surface area contributed by atoms with Gasteiger partial charge in [0.1, 0.15) is 0 Å². The molecule has 0 aliphatic rings. The lowest BCUT2D eigenvalue weighted by molar-refractivity contribution is 1.30. The van der Waals surface area contributed by atoms with Crippen LogP contribution < -0.4 is 9.80 Å². The van der Waals surface area contributed by atoms with Crippen molar-refractivity contribution in [1.29, 1.82) is 0 Å². The van der Waals surface area contributed by atoms with Gasteiger partial charge < -0.3 is 18.6 Å². The minimum atomic E-state index is 1.11. The van der Waals surface area contributed by atoms with Gasteiger partial charge in [-0.25, -0.2) is 0 Å². The van der Waals surface area contributed by atoms with E-state index < -0.39 is 0 Å². The quantitative estimate of drug-likeness (QED) is 0.136. The summed E-state index contributed by atoms with van der Waals surface area (Å²) in [5.41, 5.74) is 23.3. The van der Waals surface area contributed by atoms with E-state index in [4.69, 9.17) is 0 Å². The van der Waals surface area contributed by atoms with E-state index in [1.54, 1.807) is 0 Å². The number of hydrogen-bond acceptors (Lipinski definition) is 2. The highest BCUT2D eigenvalue weighted by molar-refractivity contribution is 6.32. The van der Waals surface area contributed by atoms with Crippen molar-refractivity contribution >= 4 is 110 Å². The Morgan fingerprint density at radius 3 is 0.805 bits per heavy atom. The Morgan fingerprint density at radius 1 is 0.195 bits per heavy atom. The van der Waals surface area contributed by atoms with Gasteiger partial charge in [0.05, 0.1) is 67.2 Å². The van der Waals surface area contributed by atoms with Crippen molar-refractivity contribution in [2.75, 3.05) is 9.80 Å². The first-order valence-electron chi connectivity index (χ1n) is 28.3. The van der Waals surface area contributed by atoms with E-state index in [0.717, 1.165) is 56.4 Å². The molecule has 382 valence electrons. The van der Waals surface area contributed by atoms with E-state index >= 15 is 0 Å². The number of hydrogen-bond donors (Lipinski definition) is 0. The van der Waals surface area contributed by atoms with Crippen LogP contribution in [0.15, 0.2) is 303 Å². The van der Waals surface area contributed by atoms with Gasteiger partial charge in [-0.15, -0.1) is 0 Å². The number of rotatable bonds is 10. The number of para-hydroxylation sites is 6. The number of nitrogens with zero attached hydrogens (tertiary/aromatic N) is 4. The smallest absolute Gasteiger partial charge is 0.0641 e. The Morgan fingerprint density at radius 2 is 0.476 bits per heavy atom. The van der Waals surface area contributed by atoms with Crippen LogP contribution in [0.3, 0.4) is 0 Å². The summed E-state index contributed by atoms with van der Waals surface area (Å²) >= 11 is 0. The molecular formula is C78H50N4. The lowest BCUT2D eigenvalue weighted by Crippen LogP contribution is -2.13. The molecule has 0 radical (unpaired) electrons. The normalized spacial score (nSPS) is 11.9. The van der Waals surface area contributed by atoms with Gasteiger partial charge in [-0.1, -0.05) is 243 Å². The fraction of sp³-hybridized carbons (Fsp3) is 0. The third-order valence-electron chi connectivity index (χ3n) is 17.2. The molecule has 4 heterocycles. The topological polar surface area (TPSA) is 15.3 Å². The van der Waals surface area contributed by atoms with Gasteiger partial charge in [-0.3, -0.25) is 0 Å². The molecule has 0 N–H and O–H groups in total. The molecule has 0 bridgehead atoms. The molecule has 0 saturated heterocycles. The average Bonchev–Trinajstić information content (AvgIpc) is 2.20. The number of anilines is 6. The number of aromatic nitrogens is 2. The van der Waals surface area contributed by atoms with Gasteiger partial charge >= 0.3 is 0 Å². The highest BCUT2D eigenvalue weighted by atomic mass is 15.2. The Hall–Kier alpha value is -10.9. The average molecular weight is 1040 g/mol. The predicted molar refractivity (Wildman–Crippen MR) is 347 cm³/mol. The van der Waals surface area contributed by atoms with Crippen LogP contribution in [0, 0.1) is 0 Å². The van der Waals surface area contributed by atoms with Crippen LogP contribution in [0.25, 0.3) is 121 Å². The van der Waals surface area contributed by atoms with E-state index in [1.807, 2.05) is 0 Å². The first-order valence-corrected chi connectivity index (χ1v) is 28.3. The molecular weight excluding hydrogens is 993 g/mol. The van der Waals surface area contributed by atoms with Gasteiger partial charge in [0, 0.05) is 65.3 Å². The van der Waals surface area contributed by atoms with Crippen molar-refractivity contribution in [2.45, 2.75) is 0 Å². The molecule has 4 nitrogen and oxygen atoms in total. The maximum atomic E-state index is 2.56. The maximum absolute atomic E-state index is 2.56. The van der Waals surface area contributed by atoms with Crippen LogP contribution in [0.4, 0.5) is 34.1 Å². The third kappa shape index (κ3) is 6.79. The van der Waals surface area contributed by atoms with Crippen molar-refractivity contribution in [1.82, 2.24) is 8.80 Å². The first kappa shape index (κ1) is 46.0. The molecule has 0 atom stereocenters. The van der Waals surface area contributed by atoms with Crippen LogP contribution in [0.5, 0.6) is 0 Å². The second kappa shape index (κ2) is 18.3. The molecule has 0 aliphatic carbocycles. The largest absolute Gasteiger partial charge is 0.309 e. The van der Waals surface area contributed by atoms with E-state index in [2.05, 4.69) is 322 Å². The maximum Gasteiger partial charge on any atom is 0.0641 e. The van der Waals surface area contributed by atoms with Crippen molar-refractivity contribution in [3.05, 3.63) is 303 Å². The van der Waals surface area contributed by atoms with Crippen molar-refractivity contribution in [3.63, 3.8) is 0 Å². The van der Waals surface area contributed by atoms with Crippen LogP contribution >= 0.6 is 0 Å². The molecule has 0 saturated carbocycles. The minimum Gasteiger partial charge on any atom is -0.309 e. The van der Waals surface area contributed by atoms with Crippen molar-refractivity contribution < 1.29 is 0 Å². The van der Waals surface area contributed by atoms with Crippen LogP contribution in [0.2, 0.25) is 0 Å².